The fourth-order valence-electron chi connectivity index (χ4n) is 5.61. The van der Waals surface area contributed by atoms with Crippen LogP contribution < -0.4 is 14.4 Å². The molecule has 0 bridgehead atoms. The summed E-state index contributed by atoms with van der Waals surface area (Å²) in [7, 11) is 0. The standard InChI is InChI=1S/C28H23N3O3/c1-17-12-23(30-29-17)19-8-6-18(7-9-19)15-31-24-5-3-2-4-21(24)28(27(31)32)16-34-26-14-25-20(10-11-33-25)13-22(26)28/h2-9,13-14H,10-12,15-16H2,1H3. The van der Waals surface area contributed by atoms with Crippen LogP contribution in [0.3, 0.4) is 0 Å². The van der Waals surface area contributed by atoms with Crippen molar-refractivity contribution in [2.75, 3.05) is 18.1 Å². The number of fused-ring (bicyclic) bond motifs is 5. The molecule has 3 aromatic rings. The highest BCUT2D eigenvalue weighted by molar-refractivity contribution is 6.14. The van der Waals surface area contributed by atoms with Crippen LogP contribution in [0.5, 0.6) is 11.5 Å². The van der Waals surface area contributed by atoms with E-state index in [0.29, 0.717) is 19.8 Å². The quantitative estimate of drug-likeness (QED) is 0.595. The number of nitrogens with zero attached hydrogens (tertiary/aromatic N) is 3. The molecule has 0 fully saturated rings. The minimum absolute atomic E-state index is 0.0691. The van der Waals surface area contributed by atoms with Crippen LogP contribution >= 0.6 is 0 Å². The Labute approximate surface area is 197 Å². The Kier molecular flexibility index (Phi) is 4.04. The van der Waals surface area contributed by atoms with Gasteiger partial charge in [0, 0.05) is 35.9 Å². The van der Waals surface area contributed by atoms with E-state index in [4.69, 9.17) is 9.47 Å². The van der Waals surface area contributed by atoms with Crippen molar-refractivity contribution in [3.8, 4) is 11.5 Å². The molecule has 7 rings (SSSR count). The van der Waals surface area contributed by atoms with Gasteiger partial charge in [-0.25, -0.2) is 0 Å². The van der Waals surface area contributed by atoms with Gasteiger partial charge >= 0.3 is 0 Å². The summed E-state index contributed by atoms with van der Waals surface area (Å²) in [5.74, 6) is 1.70. The van der Waals surface area contributed by atoms with Crippen molar-refractivity contribution >= 4 is 23.0 Å². The van der Waals surface area contributed by atoms with Gasteiger partial charge in [-0.1, -0.05) is 42.5 Å². The number of hydrogen-bond acceptors (Lipinski definition) is 5. The van der Waals surface area contributed by atoms with E-state index in [0.717, 1.165) is 69.3 Å². The third kappa shape index (κ3) is 2.65. The highest BCUT2D eigenvalue weighted by atomic mass is 16.5. The van der Waals surface area contributed by atoms with Gasteiger partial charge in [-0.2, -0.15) is 10.2 Å². The molecule has 4 aliphatic rings. The minimum atomic E-state index is -0.809. The second-order valence-corrected chi connectivity index (χ2v) is 9.41. The van der Waals surface area contributed by atoms with Crippen LogP contribution in [0.2, 0.25) is 0 Å². The van der Waals surface area contributed by atoms with Gasteiger partial charge in [0.05, 0.1) is 18.9 Å². The second kappa shape index (κ2) is 7.03. The van der Waals surface area contributed by atoms with Gasteiger partial charge in [0.1, 0.15) is 23.5 Å². The van der Waals surface area contributed by atoms with E-state index in [1.54, 1.807) is 0 Å². The van der Waals surface area contributed by atoms with Crippen LogP contribution in [-0.2, 0) is 23.2 Å². The average molecular weight is 450 g/mol. The van der Waals surface area contributed by atoms with Crippen LogP contribution in [0.1, 0.15) is 41.2 Å². The SMILES string of the molecule is CC1=NN=C(c2ccc(CN3C(=O)C4(COc5cc6c(cc54)CCO6)c4ccccc43)cc2)C1. The predicted molar refractivity (Wildman–Crippen MR) is 130 cm³/mol. The normalized spacial score (nSPS) is 21.7. The Bertz CT molecular complexity index is 1420. The number of benzene rings is 3. The number of hydrogen-bond donors (Lipinski definition) is 0. The molecule has 1 atom stereocenters. The van der Waals surface area contributed by atoms with Gasteiger partial charge < -0.3 is 14.4 Å². The number of ether oxygens (including phenoxy) is 2. The average Bonchev–Trinajstić information content (AvgIpc) is 3.63. The molecule has 1 amide bonds. The van der Waals surface area contributed by atoms with Gasteiger partial charge in [0.2, 0.25) is 5.91 Å². The summed E-state index contributed by atoms with van der Waals surface area (Å²) >= 11 is 0. The summed E-state index contributed by atoms with van der Waals surface area (Å²) in [5, 5.41) is 8.42. The first-order chi connectivity index (χ1) is 16.6. The van der Waals surface area contributed by atoms with Crippen LogP contribution in [0.4, 0.5) is 5.69 Å². The zero-order valence-electron chi connectivity index (χ0n) is 18.9. The highest BCUT2D eigenvalue weighted by Gasteiger charge is 2.57. The third-order valence-corrected chi connectivity index (χ3v) is 7.35. The number of carbonyl (C=O) groups excluding carboxylic acids is 1. The smallest absolute Gasteiger partial charge is 0.246 e. The summed E-state index contributed by atoms with van der Waals surface area (Å²) in [6.07, 6.45) is 1.65. The van der Waals surface area contributed by atoms with Crippen LogP contribution in [0, 0.1) is 0 Å². The number of amides is 1. The van der Waals surface area contributed by atoms with Crippen molar-refractivity contribution in [3.05, 3.63) is 88.5 Å². The molecule has 0 aromatic heterocycles. The van der Waals surface area contributed by atoms with E-state index in [2.05, 4.69) is 46.6 Å². The number of carbonyl (C=O) groups is 1. The minimum Gasteiger partial charge on any atom is -0.493 e. The molecule has 4 aliphatic heterocycles. The van der Waals surface area contributed by atoms with Crippen molar-refractivity contribution in [1.82, 2.24) is 0 Å². The molecule has 3 aromatic carbocycles. The molecule has 0 radical (unpaired) electrons. The Balaban J connectivity index is 1.25. The van der Waals surface area contributed by atoms with Crippen molar-refractivity contribution in [2.24, 2.45) is 10.2 Å². The molecule has 0 saturated carbocycles. The van der Waals surface area contributed by atoms with Crippen molar-refractivity contribution in [1.29, 1.82) is 0 Å². The maximum atomic E-state index is 14.1. The van der Waals surface area contributed by atoms with Gasteiger partial charge in [-0.05, 0) is 41.3 Å². The summed E-state index contributed by atoms with van der Waals surface area (Å²) in [6, 6.07) is 20.5. The number of para-hydroxylation sites is 1. The third-order valence-electron chi connectivity index (χ3n) is 7.35. The summed E-state index contributed by atoms with van der Waals surface area (Å²) in [4.78, 5) is 16.1. The molecule has 6 heteroatoms. The maximum absolute atomic E-state index is 14.1. The van der Waals surface area contributed by atoms with Crippen LogP contribution in [0.15, 0.2) is 70.9 Å². The predicted octanol–water partition coefficient (Wildman–Crippen LogP) is 4.42. The van der Waals surface area contributed by atoms with E-state index in [9.17, 15) is 4.79 Å². The van der Waals surface area contributed by atoms with Crippen molar-refractivity contribution in [2.45, 2.75) is 31.7 Å². The number of anilines is 1. The van der Waals surface area contributed by atoms with Crippen molar-refractivity contribution < 1.29 is 14.3 Å². The molecule has 34 heavy (non-hydrogen) atoms. The first kappa shape index (κ1) is 19.5. The van der Waals surface area contributed by atoms with Gasteiger partial charge in [-0.15, -0.1) is 0 Å². The lowest BCUT2D eigenvalue weighted by Gasteiger charge is -2.23. The monoisotopic (exact) mass is 449 g/mol. The fourth-order valence-corrected chi connectivity index (χ4v) is 5.61. The Hall–Kier alpha value is -3.93. The van der Waals surface area contributed by atoms with E-state index in [-0.39, 0.29) is 5.91 Å². The van der Waals surface area contributed by atoms with E-state index in [1.807, 2.05) is 36.1 Å². The second-order valence-electron chi connectivity index (χ2n) is 9.41. The Morgan fingerprint density at radius 1 is 0.971 bits per heavy atom. The molecule has 1 spiro atoms. The summed E-state index contributed by atoms with van der Waals surface area (Å²) in [5.41, 5.74) is 7.43. The molecule has 168 valence electrons. The lowest BCUT2D eigenvalue weighted by Crippen LogP contribution is -2.42. The summed E-state index contributed by atoms with van der Waals surface area (Å²) in [6.45, 7) is 3.48. The highest BCUT2D eigenvalue weighted by Crippen LogP contribution is 2.54. The Morgan fingerprint density at radius 2 is 1.82 bits per heavy atom. The largest absolute Gasteiger partial charge is 0.493 e. The molecule has 0 aliphatic carbocycles. The molecular weight excluding hydrogens is 426 g/mol. The fraction of sp³-hybridized carbons (Fsp3) is 0.250. The van der Waals surface area contributed by atoms with Gasteiger partial charge in [0.15, 0.2) is 0 Å². The maximum Gasteiger partial charge on any atom is 0.246 e. The van der Waals surface area contributed by atoms with Gasteiger partial charge in [-0.3, -0.25) is 4.79 Å². The molecular formula is C28H23N3O3. The first-order valence-corrected chi connectivity index (χ1v) is 11.7. The molecule has 0 saturated heterocycles. The zero-order valence-corrected chi connectivity index (χ0v) is 18.9. The topological polar surface area (TPSA) is 63.5 Å². The van der Waals surface area contributed by atoms with E-state index < -0.39 is 5.41 Å². The van der Waals surface area contributed by atoms with E-state index >= 15 is 0 Å². The molecule has 6 nitrogen and oxygen atoms in total. The van der Waals surface area contributed by atoms with E-state index in [1.165, 1.54) is 0 Å². The van der Waals surface area contributed by atoms with Crippen LogP contribution in [0.25, 0.3) is 0 Å². The molecule has 0 N–H and O–H groups in total. The van der Waals surface area contributed by atoms with Crippen molar-refractivity contribution in [3.63, 3.8) is 0 Å². The first-order valence-electron chi connectivity index (χ1n) is 11.7. The van der Waals surface area contributed by atoms with Crippen LogP contribution in [-0.4, -0.2) is 30.5 Å². The van der Waals surface area contributed by atoms with Gasteiger partial charge in [0.25, 0.3) is 0 Å². The lowest BCUT2D eigenvalue weighted by atomic mass is 9.76. The molecule has 1 unspecified atom stereocenters. The molecule has 4 heterocycles. The zero-order chi connectivity index (χ0) is 22.9. The summed E-state index contributed by atoms with van der Waals surface area (Å²) < 4.78 is 11.8. The Morgan fingerprint density at radius 3 is 2.65 bits per heavy atom. The number of rotatable bonds is 3. The lowest BCUT2D eigenvalue weighted by molar-refractivity contribution is -0.122.